The Labute approximate surface area is 159 Å². The number of benzene rings is 1. The number of carbonyl (C=O) groups excluding carboxylic acids is 2. The molecular formula is C20H26N2O3S. The molecule has 1 aromatic carbocycles. The van der Waals surface area contributed by atoms with Crippen LogP contribution < -0.4 is 10.1 Å². The summed E-state index contributed by atoms with van der Waals surface area (Å²) in [7, 11) is 3.98. The number of ether oxygens (including phenoxy) is 1. The SMILES string of the molecule is CCOc1ccc(C(=O)CCC(=O)NCC(c2ccsc2)N(C)C)cc1. The van der Waals surface area contributed by atoms with Crippen LogP contribution in [0.4, 0.5) is 0 Å². The van der Waals surface area contributed by atoms with E-state index in [0.29, 0.717) is 18.7 Å². The molecule has 1 unspecified atom stereocenters. The van der Waals surface area contributed by atoms with E-state index >= 15 is 0 Å². The second kappa shape index (κ2) is 10.1. The van der Waals surface area contributed by atoms with Crippen LogP contribution in [0.2, 0.25) is 0 Å². The van der Waals surface area contributed by atoms with Crippen molar-refractivity contribution in [3.8, 4) is 5.75 Å². The second-order valence-electron chi connectivity index (χ2n) is 6.22. The summed E-state index contributed by atoms with van der Waals surface area (Å²) in [5.41, 5.74) is 1.79. The lowest BCUT2D eigenvalue weighted by molar-refractivity contribution is -0.121. The van der Waals surface area contributed by atoms with Crippen molar-refractivity contribution in [3.05, 3.63) is 52.2 Å². The quantitative estimate of drug-likeness (QED) is 0.647. The Balaban J connectivity index is 1.79. The lowest BCUT2D eigenvalue weighted by atomic mass is 10.1. The van der Waals surface area contributed by atoms with E-state index in [-0.39, 0.29) is 30.6 Å². The third kappa shape index (κ3) is 5.97. The maximum Gasteiger partial charge on any atom is 0.220 e. The summed E-state index contributed by atoms with van der Waals surface area (Å²) >= 11 is 1.64. The van der Waals surface area contributed by atoms with Gasteiger partial charge >= 0.3 is 0 Å². The van der Waals surface area contributed by atoms with Crippen LogP contribution in [0.25, 0.3) is 0 Å². The average Bonchev–Trinajstić information content (AvgIpc) is 3.15. The standard InChI is InChI=1S/C20H26N2O3S/c1-4-25-17-7-5-15(6-8-17)19(23)9-10-20(24)21-13-18(22(2)3)16-11-12-26-14-16/h5-8,11-12,14,18H,4,9-10,13H2,1-3H3,(H,21,24). The highest BCUT2D eigenvalue weighted by molar-refractivity contribution is 7.07. The molecule has 0 fully saturated rings. The van der Waals surface area contributed by atoms with E-state index in [9.17, 15) is 9.59 Å². The van der Waals surface area contributed by atoms with Gasteiger partial charge in [-0.3, -0.25) is 9.59 Å². The lowest BCUT2D eigenvalue weighted by Gasteiger charge is -2.24. The molecule has 5 nitrogen and oxygen atoms in total. The van der Waals surface area contributed by atoms with E-state index in [1.807, 2.05) is 26.4 Å². The fourth-order valence-corrected chi connectivity index (χ4v) is 3.34. The van der Waals surface area contributed by atoms with E-state index in [2.05, 4.69) is 21.7 Å². The largest absolute Gasteiger partial charge is 0.494 e. The molecule has 6 heteroatoms. The van der Waals surface area contributed by atoms with Gasteiger partial charge in [-0.25, -0.2) is 0 Å². The monoisotopic (exact) mass is 374 g/mol. The number of thiophene rings is 1. The molecule has 1 atom stereocenters. The van der Waals surface area contributed by atoms with Crippen LogP contribution >= 0.6 is 11.3 Å². The normalized spacial score (nSPS) is 12.0. The zero-order valence-electron chi connectivity index (χ0n) is 15.5. The zero-order chi connectivity index (χ0) is 18.9. The van der Waals surface area contributed by atoms with Crippen molar-refractivity contribution >= 4 is 23.0 Å². The van der Waals surface area contributed by atoms with E-state index < -0.39 is 0 Å². The number of nitrogens with zero attached hydrogens (tertiary/aromatic N) is 1. The molecule has 0 aliphatic heterocycles. The summed E-state index contributed by atoms with van der Waals surface area (Å²) in [6.45, 7) is 3.03. The third-order valence-corrected chi connectivity index (χ3v) is 4.81. The smallest absolute Gasteiger partial charge is 0.220 e. The lowest BCUT2D eigenvalue weighted by Crippen LogP contribution is -2.34. The van der Waals surface area contributed by atoms with Gasteiger partial charge in [-0.05, 0) is 67.7 Å². The van der Waals surface area contributed by atoms with Gasteiger partial charge in [0.15, 0.2) is 5.78 Å². The summed E-state index contributed by atoms with van der Waals surface area (Å²) in [6.07, 6.45) is 0.390. The molecule has 0 saturated heterocycles. The van der Waals surface area contributed by atoms with Gasteiger partial charge in [0.2, 0.25) is 5.91 Å². The van der Waals surface area contributed by atoms with Gasteiger partial charge in [-0.2, -0.15) is 11.3 Å². The predicted molar refractivity (Wildman–Crippen MR) is 105 cm³/mol. The zero-order valence-corrected chi connectivity index (χ0v) is 16.3. The van der Waals surface area contributed by atoms with Crippen molar-refractivity contribution in [1.82, 2.24) is 10.2 Å². The van der Waals surface area contributed by atoms with Gasteiger partial charge in [0.05, 0.1) is 12.6 Å². The van der Waals surface area contributed by atoms with Crippen LogP contribution in [0.3, 0.4) is 0 Å². The number of likely N-dealkylation sites (N-methyl/N-ethyl adjacent to an activating group) is 1. The molecule has 0 aliphatic rings. The van der Waals surface area contributed by atoms with Crippen molar-refractivity contribution < 1.29 is 14.3 Å². The first-order valence-electron chi connectivity index (χ1n) is 8.72. The Kier molecular flexibility index (Phi) is 7.81. The minimum absolute atomic E-state index is 0.0369. The second-order valence-corrected chi connectivity index (χ2v) is 7.00. The Hall–Kier alpha value is -2.18. The van der Waals surface area contributed by atoms with Crippen molar-refractivity contribution in [3.63, 3.8) is 0 Å². The molecule has 0 saturated carbocycles. The molecule has 26 heavy (non-hydrogen) atoms. The molecule has 1 N–H and O–H groups in total. The fourth-order valence-electron chi connectivity index (χ4n) is 2.64. The molecule has 1 amide bonds. The van der Waals surface area contributed by atoms with Gasteiger partial charge in [-0.1, -0.05) is 0 Å². The molecule has 1 heterocycles. The Morgan fingerprint density at radius 2 is 1.88 bits per heavy atom. The summed E-state index contributed by atoms with van der Waals surface area (Å²) in [5, 5.41) is 7.06. The number of amides is 1. The summed E-state index contributed by atoms with van der Waals surface area (Å²) < 4.78 is 5.36. The molecule has 2 aromatic rings. The number of ketones is 1. The molecule has 140 valence electrons. The highest BCUT2D eigenvalue weighted by atomic mass is 32.1. The highest BCUT2D eigenvalue weighted by Crippen LogP contribution is 2.20. The Morgan fingerprint density at radius 3 is 2.46 bits per heavy atom. The minimum atomic E-state index is -0.105. The number of carbonyl (C=O) groups is 2. The van der Waals surface area contributed by atoms with E-state index in [1.165, 1.54) is 5.56 Å². The number of Topliss-reactive ketones (excluding diaryl/α,β-unsaturated/α-hetero) is 1. The van der Waals surface area contributed by atoms with Crippen molar-refractivity contribution in [2.24, 2.45) is 0 Å². The summed E-state index contributed by atoms with van der Waals surface area (Å²) in [5.74, 6) is 0.599. The van der Waals surface area contributed by atoms with Gasteiger partial charge in [0, 0.05) is 24.9 Å². The van der Waals surface area contributed by atoms with Crippen LogP contribution in [0.15, 0.2) is 41.1 Å². The minimum Gasteiger partial charge on any atom is -0.494 e. The average molecular weight is 375 g/mol. The summed E-state index contributed by atoms with van der Waals surface area (Å²) in [6, 6.07) is 9.23. The van der Waals surface area contributed by atoms with Crippen LogP contribution in [-0.4, -0.2) is 43.8 Å². The first-order valence-corrected chi connectivity index (χ1v) is 9.66. The molecule has 0 radical (unpaired) electrons. The molecule has 2 rings (SSSR count). The first kappa shape index (κ1) is 20.1. The van der Waals surface area contributed by atoms with Gasteiger partial charge in [0.25, 0.3) is 0 Å². The number of hydrogen-bond donors (Lipinski definition) is 1. The summed E-state index contributed by atoms with van der Waals surface area (Å²) in [4.78, 5) is 26.4. The van der Waals surface area contributed by atoms with Crippen molar-refractivity contribution in [1.29, 1.82) is 0 Å². The van der Waals surface area contributed by atoms with Crippen LogP contribution in [-0.2, 0) is 4.79 Å². The topological polar surface area (TPSA) is 58.6 Å². The van der Waals surface area contributed by atoms with E-state index in [1.54, 1.807) is 35.6 Å². The van der Waals surface area contributed by atoms with E-state index in [4.69, 9.17) is 4.74 Å². The van der Waals surface area contributed by atoms with Crippen LogP contribution in [0.5, 0.6) is 5.75 Å². The molecule has 1 aromatic heterocycles. The molecule has 0 spiro atoms. The number of nitrogens with one attached hydrogen (secondary N) is 1. The molecular weight excluding hydrogens is 348 g/mol. The first-order chi connectivity index (χ1) is 12.5. The van der Waals surface area contributed by atoms with Crippen LogP contribution in [0, 0.1) is 0 Å². The van der Waals surface area contributed by atoms with Gasteiger partial charge in [0.1, 0.15) is 5.75 Å². The highest BCUT2D eigenvalue weighted by Gasteiger charge is 2.16. The maximum atomic E-state index is 12.2. The third-order valence-electron chi connectivity index (χ3n) is 4.11. The molecule has 0 bridgehead atoms. The van der Waals surface area contributed by atoms with Crippen LogP contribution in [0.1, 0.15) is 41.7 Å². The van der Waals surface area contributed by atoms with Gasteiger partial charge in [-0.15, -0.1) is 0 Å². The number of hydrogen-bond acceptors (Lipinski definition) is 5. The van der Waals surface area contributed by atoms with Crippen molar-refractivity contribution in [2.75, 3.05) is 27.2 Å². The maximum absolute atomic E-state index is 12.2. The van der Waals surface area contributed by atoms with Gasteiger partial charge < -0.3 is 15.0 Å². The Morgan fingerprint density at radius 1 is 1.15 bits per heavy atom. The predicted octanol–water partition coefficient (Wildman–Crippen LogP) is 3.53. The van der Waals surface area contributed by atoms with Crippen molar-refractivity contribution in [2.45, 2.75) is 25.8 Å². The number of rotatable bonds is 10. The molecule has 0 aliphatic carbocycles. The Bertz CT molecular complexity index is 696. The fraction of sp³-hybridized carbons (Fsp3) is 0.400. The van der Waals surface area contributed by atoms with E-state index in [0.717, 1.165) is 5.75 Å².